The van der Waals surface area contributed by atoms with E-state index in [1.807, 2.05) is 0 Å². The largest absolute Gasteiger partial charge is 0.496 e. The molecule has 3 amide bonds. The number of imide groups is 1. The minimum absolute atomic E-state index is 0.0159. The maximum absolute atomic E-state index is 13.6. The average molecular weight is 349 g/mol. The molecule has 0 radical (unpaired) electrons. The Hall–Kier alpha value is -2.15. The summed E-state index contributed by atoms with van der Waals surface area (Å²) in [6, 6.07) is 4.14. The van der Waals surface area contributed by atoms with Crippen LogP contribution in [-0.4, -0.2) is 54.5 Å². The van der Waals surface area contributed by atoms with Crippen molar-refractivity contribution >= 4 is 11.9 Å². The molecule has 3 rings (SSSR count). The molecule has 6 nitrogen and oxygen atoms in total. The quantitative estimate of drug-likeness (QED) is 0.845. The van der Waals surface area contributed by atoms with E-state index in [9.17, 15) is 14.0 Å². The summed E-state index contributed by atoms with van der Waals surface area (Å²) in [4.78, 5) is 27.7. The molecule has 1 aromatic rings. The SMILES string of the molecule is COc1ccc(F)cc1CN1CCCC(C2(C)NC(=O)N(C)C2=O)C1. The number of halogens is 1. The smallest absolute Gasteiger partial charge is 0.324 e. The molecule has 1 N–H and O–H groups in total. The van der Waals surface area contributed by atoms with E-state index < -0.39 is 5.54 Å². The van der Waals surface area contributed by atoms with Gasteiger partial charge in [-0.15, -0.1) is 0 Å². The first-order valence-electron chi connectivity index (χ1n) is 8.50. The third-order valence-electron chi connectivity index (χ3n) is 5.38. The molecule has 7 heteroatoms. The summed E-state index contributed by atoms with van der Waals surface area (Å²) in [7, 11) is 3.07. The van der Waals surface area contributed by atoms with E-state index in [4.69, 9.17) is 4.74 Å². The number of urea groups is 1. The fraction of sp³-hybridized carbons (Fsp3) is 0.556. The Morgan fingerprint density at radius 2 is 2.16 bits per heavy atom. The Kier molecular flexibility index (Phi) is 4.69. The van der Waals surface area contributed by atoms with Crippen molar-refractivity contribution in [3.63, 3.8) is 0 Å². The number of nitrogens with one attached hydrogen (secondary N) is 1. The number of nitrogens with zero attached hydrogens (tertiary/aromatic N) is 2. The Bertz CT molecular complexity index is 696. The first-order chi connectivity index (χ1) is 11.8. The molecule has 0 aliphatic carbocycles. The predicted octanol–water partition coefficient (Wildman–Crippen LogP) is 1.99. The highest BCUT2D eigenvalue weighted by Crippen LogP contribution is 2.33. The molecule has 0 saturated carbocycles. The average Bonchev–Trinajstić information content (AvgIpc) is 2.79. The molecular weight excluding hydrogens is 325 g/mol. The first kappa shape index (κ1) is 17.7. The van der Waals surface area contributed by atoms with Crippen molar-refractivity contribution in [1.82, 2.24) is 15.1 Å². The van der Waals surface area contributed by atoms with E-state index in [-0.39, 0.29) is 23.7 Å². The minimum atomic E-state index is -0.878. The molecule has 2 unspecified atom stereocenters. The van der Waals surface area contributed by atoms with Gasteiger partial charge in [-0.3, -0.25) is 14.6 Å². The number of carbonyl (C=O) groups excluding carboxylic acids is 2. The minimum Gasteiger partial charge on any atom is -0.496 e. The van der Waals surface area contributed by atoms with Gasteiger partial charge < -0.3 is 10.1 Å². The lowest BCUT2D eigenvalue weighted by Crippen LogP contribution is -2.55. The second kappa shape index (κ2) is 6.63. The molecule has 2 fully saturated rings. The molecule has 1 aromatic carbocycles. The van der Waals surface area contributed by atoms with E-state index in [1.165, 1.54) is 19.2 Å². The van der Waals surface area contributed by atoms with E-state index in [0.717, 1.165) is 29.8 Å². The van der Waals surface area contributed by atoms with Crippen LogP contribution < -0.4 is 10.1 Å². The van der Waals surface area contributed by atoms with Gasteiger partial charge in [-0.1, -0.05) is 0 Å². The predicted molar refractivity (Wildman–Crippen MR) is 90.7 cm³/mol. The topological polar surface area (TPSA) is 61.9 Å². The number of ether oxygens (including phenoxy) is 1. The van der Waals surface area contributed by atoms with Gasteiger partial charge in [-0.25, -0.2) is 9.18 Å². The third-order valence-corrected chi connectivity index (χ3v) is 5.38. The number of benzene rings is 1. The van der Waals surface area contributed by atoms with Crippen LogP contribution >= 0.6 is 0 Å². The van der Waals surface area contributed by atoms with Crippen molar-refractivity contribution in [1.29, 1.82) is 0 Å². The fourth-order valence-electron chi connectivity index (χ4n) is 3.86. The fourth-order valence-corrected chi connectivity index (χ4v) is 3.86. The Balaban J connectivity index is 1.75. The first-order valence-corrected chi connectivity index (χ1v) is 8.50. The zero-order valence-corrected chi connectivity index (χ0v) is 14.8. The number of hydrogen-bond acceptors (Lipinski definition) is 4. The molecule has 2 atom stereocenters. The zero-order chi connectivity index (χ0) is 18.2. The van der Waals surface area contributed by atoms with E-state index in [0.29, 0.717) is 18.8 Å². The summed E-state index contributed by atoms with van der Waals surface area (Å²) in [5, 5.41) is 2.84. The molecule has 0 spiro atoms. The summed E-state index contributed by atoms with van der Waals surface area (Å²) < 4.78 is 18.9. The number of carbonyl (C=O) groups is 2. The standard InChI is InChI=1S/C18H24FN3O3/c1-18(16(23)21(2)17(24)20-18)13-5-4-8-22(11-13)10-12-9-14(19)6-7-15(12)25-3/h6-7,9,13H,4-5,8,10-11H2,1-3H3,(H,20,24). The molecule has 2 heterocycles. The van der Waals surface area contributed by atoms with Crippen molar-refractivity contribution in [2.24, 2.45) is 5.92 Å². The van der Waals surface area contributed by atoms with Crippen LogP contribution in [0.15, 0.2) is 18.2 Å². The number of methoxy groups -OCH3 is 1. The monoisotopic (exact) mass is 349 g/mol. The zero-order valence-electron chi connectivity index (χ0n) is 14.8. The van der Waals surface area contributed by atoms with Crippen LogP contribution in [0, 0.1) is 11.7 Å². The molecule has 25 heavy (non-hydrogen) atoms. The van der Waals surface area contributed by atoms with E-state index in [1.54, 1.807) is 20.1 Å². The van der Waals surface area contributed by atoms with Gasteiger partial charge in [-0.05, 0) is 44.5 Å². The number of likely N-dealkylation sites (N-methyl/N-ethyl adjacent to an activating group) is 1. The normalized spacial score (nSPS) is 27.5. The van der Waals surface area contributed by atoms with Gasteiger partial charge in [0.15, 0.2) is 0 Å². The number of likely N-dealkylation sites (tertiary alicyclic amines) is 1. The van der Waals surface area contributed by atoms with Crippen LogP contribution in [-0.2, 0) is 11.3 Å². The van der Waals surface area contributed by atoms with E-state index >= 15 is 0 Å². The van der Waals surface area contributed by atoms with Gasteiger partial charge in [0.25, 0.3) is 5.91 Å². The summed E-state index contributed by atoms with van der Waals surface area (Å²) in [6.45, 7) is 3.87. The van der Waals surface area contributed by atoms with Crippen LogP contribution in [0.1, 0.15) is 25.3 Å². The summed E-state index contributed by atoms with van der Waals surface area (Å²) in [5.41, 5.74) is -0.0940. The molecule has 136 valence electrons. The third kappa shape index (κ3) is 3.20. The second-order valence-corrected chi connectivity index (χ2v) is 7.03. The van der Waals surface area contributed by atoms with E-state index in [2.05, 4.69) is 10.2 Å². The molecule has 2 aliphatic rings. The van der Waals surface area contributed by atoms with Gasteiger partial charge >= 0.3 is 6.03 Å². The highest BCUT2D eigenvalue weighted by atomic mass is 19.1. The number of piperidine rings is 1. The Morgan fingerprint density at radius 3 is 2.80 bits per heavy atom. The number of amides is 3. The maximum Gasteiger partial charge on any atom is 0.324 e. The Morgan fingerprint density at radius 1 is 1.40 bits per heavy atom. The second-order valence-electron chi connectivity index (χ2n) is 7.03. The highest BCUT2D eigenvalue weighted by molar-refractivity contribution is 6.06. The molecule has 2 aliphatic heterocycles. The highest BCUT2D eigenvalue weighted by Gasteiger charge is 2.51. The van der Waals surface area contributed by atoms with Crippen LogP contribution in [0.3, 0.4) is 0 Å². The number of rotatable bonds is 4. The van der Waals surface area contributed by atoms with Gasteiger partial charge in [0.1, 0.15) is 17.1 Å². The lowest BCUT2D eigenvalue weighted by Gasteiger charge is -2.39. The van der Waals surface area contributed by atoms with Crippen molar-refractivity contribution in [2.45, 2.75) is 31.8 Å². The van der Waals surface area contributed by atoms with Gasteiger partial charge in [-0.2, -0.15) is 0 Å². The molecule has 0 aromatic heterocycles. The molecular formula is C18H24FN3O3. The lowest BCUT2D eigenvalue weighted by atomic mass is 9.80. The van der Waals surface area contributed by atoms with Crippen molar-refractivity contribution in [3.05, 3.63) is 29.6 Å². The lowest BCUT2D eigenvalue weighted by molar-refractivity contribution is -0.132. The summed E-state index contributed by atoms with van der Waals surface area (Å²) >= 11 is 0. The van der Waals surface area contributed by atoms with Crippen LogP contribution in [0.5, 0.6) is 5.75 Å². The number of hydrogen-bond donors (Lipinski definition) is 1. The van der Waals surface area contributed by atoms with Gasteiger partial charge in [0, 0.05) is 31.6 Å². The van der Waals surface area contributed by atoms with Crippen molar-refractivity contribution in [2.75, 3.05) is 27.2 Å². The van der Waals surface area contributed by atoms with Gasteiger partial charge in [0.2, 0.25) is 0 Å². The molecule has 0 bridgehead atoms. The van der Waals surface area contributed by atoms with Gasteiger partial charge in [0.05, 0.1) is 7.11 Å². The van der Waals surface area contributed by atoms with Crippen LogP contribution in [0.25, 0.3) is 0 Å². The maximum atomic E-state index is 13.6. The van der Waals surface area contributed by atoms with Crippen LogP contribution in [0.2, 0.25) is 0 Å². The summed E-state index contributed by atoms with van der Waals surface area (Å²) in [6.07, 6.45) is 1.79. The molecule has 2 saturated heterocycles. The van der Waals surface area contributed by atoms with Crippen molar-refractivity contribution in [3.8, 4) is 5.75 Å². The van der Waals surface area contributed by atoms with Crippen molar-refractivity contribution < 1.29 is 18.7 Å². The summed E-state index contributed by atoms with van der Waals surface area (Å²) in [5.74, 6) is 0.186. The van der Waals surface area contributed by atoms with Crippen LogP contribution in [0.4, 0.5) is 9.18 Å². The Labute approximate surface area is 146 Å².